The molecule has 96 valence electrons. The van der Waals surface area contributed by atoms with Crippen molar-refractivity contribution >= 4 is 12.2 Å². The van der Waals surface area contributed by atoms with Crippen LogP contribution in [0.25, 0.3) is 0 Å². The molecule has 2 atom stereocenters. The normalized spacial score (nSPS) is 26.1. The lowest BCUT2D eigenvalue weighted by Gasteiger charge is -2.30. The largest absolute Gasteiger partial charge is 0.346 e. The fraction of sp³-hybridized carbons (Fsp3) is 0.429. The first-order valence-corrected chi connectivity index (χ1v) is 5.95. The van der Waals surface area contributed by atoms with Gasteiger partial charge in [0, 0.05) is 6.92 Å². The summed E-state index contributed by atoms with van der Waals surface area (Å²) >= 11 is 0. The highest BCUT2D eigenvalue weighted by Gasteiger charge is 2.49. The fourth-order valence-electron chi connectivity index (χ4n) is 2.56. The molecule has 0 aliphatic carbocycles. The molecule has 1 heterocycles. The number of ether oxygens (including phenoxy) is 1. The number of nitrogens with zero attached hydrogens (tertiary/aromatic N) is 1. The van der Waals surface area contributed by atoms with Crippen LogP contribution in [0.4, 0.5) is 0 Å². The molecule has 0 unspecified atom stereocenters. The highest BCUT2D eigenvalue weighted by Crippen LogP contribution is 2.39. The standard InChI is InChI=1S/C14H17NO3/c1-10(17)15-12(9-16)13(18-14(15,2)3)11-7-5-4-6-8-11/h4-9,12-13H,1-3H3/t12-,13-/m0/s1. The molecule has 1 aromatic carbocycles. The van der Waals surface area contributed by atoms with Gasteiger partial charge in [-0.15, -0.1) is 0 Å². The number of benzene rings is 1. The van der Waals surface area contributed by atoms with E-state index in [0.29, 0.717) is 0 Å². The fourth-order valence-corrected chi connectivity index (χ4v) is 2.56. The first-order chi connectivity index (χ1) is 8.47. The van der Waals surface area contributed by atoms with E-state index in [1.165, 1.54) is 11.8 Å². The van der Waals surface area contributed by atoms with Crippen LogP contribution in [0.2, 0.25) is 0 Å². The summed E-state index contributed by atoms with van der Waals surface area (Å²) in [6.45, 7) is 5.05. The van der Waals surface area contributed by atoms with Crippen molar-refractivity contribution in [2.24, 2.45) is 0 Å². The molecule has 0 bridgehead atoms. The van der Waals surface area contributed by atoms with Gasteiger partial charge in [-0.1, -0.05) is 30.3 Å². The summed E-state index contributed by atoms with van der Waals surface area (Å²) in [5, 5.41) is 0. The molecular formula is C14H17NO3. The SMILES string of the molecule is CC(=O)N1[C@@H](C=O)[C@H](c2ccccc2)OC1(C)C. The Kier molecular flexibility index (Phi) is 3.22. The number of carbonyl (C=O) groups is 2. The second-order valence-electron chi connectivity index (χ2n) is 4.91. The van der Waals surface area contributed by atoms with Crippen LogP contribution in [0.15, 0.2) is 30.3 Å². The van der Waals surface area contributed by atoms with Gasteiger partial charge in [0.15, 0.2) is 0 Å². The number of hydrogen-bond donors (Lipinski definition) is 0. The zero-order valence-electron chi connectivity index (χ0n) is 10.8. The van der Waals surface area contributed by atoms with Crippen LogP contribution < -0.4 is 0 Å². The average molecular weight is 247 g/mol. The minimum absolute atomic E-state index is 0.157. The molecule has 4 heteroatoms. The van der Waals surface area contributed by atoms with E-state index in [9.17, 15) is 9.59 Å². The zero-order chi connectivity index (χ0) is 13.3. The van der Waals surface area contributed by atoms with Gasteiger partial charge in [-0.3, -0.25) is 4.79 Å². The molecule has 4 nitrogen and oxygen atoms in total. The maximum atomic E-state index is 11.7. The summed E-state index contributed by atoms with van der Waals surface area (Å²) in [5.41, 5.74) is 0.143. The third kappa shape index (κ3) is 2.04. The van der Waals surface area contributed by atoms with Gasteiger partial charge < -0.3 is 14.4 Å². The van der Waals surface area contributed by atoms with Gasteiger partial charge in [-0.2, -0.15) is 0 Å². The van der Waals surface area contributed by atoms with Crippen molar-refractivity contribution in [2.45, 2.75) is 38.6 Å². The number of rotatable bonds is 2. The summed E-state index contributed by atoms with van der Waals surface area (Å²) in [5.74, 6) is -0.157. The van der Waals surface area contributed by atoms with Crippen molar-refractivity contribution in [3.63, 3.8) is 0 Å². The lowest BCUT2D eigenvalue weighted by Crippen LogP contribution is -2.47. The summed E-state index contributed by atoms with van der Waals surface area (Å²) in [6, 6.07) is 8.93. The Balaban J connectivity index is 2.40. The smallest absolute Gasteiger partial charge is 0.222 e. The summed E-state index contributed by atoms with van der Waals surface area (Å²) < 4.78 is 5.89. The first kappa shape index (κ1) is 12.8. The molecule has 2 rings (SSSR count). The van der Waals surface area contributed by atoms with E-state index in [-0.39, 0.29) is 5.91 Å². The lowest BCUT2D eigenvalue weighted by atomic mass is 10.0. The van der Waals surface area contributed by atoms with Crippen molar-refractivity contribution in [3.05, 3.63) is 35.9 Å². The highest BCUT2D eigenvalue weighted by atomic mass is 16.5. The molecule has 1 aliphatic rings. The molecule has 0 spiro atoms. The molecule has 1 aromatic rings. The van der Waals surface area contributed by atoms with E-state index < -0.39 is 17.9 Å². The Bertz CT molecular complexity index is 455. The van der Waals surface area contributed by atoms with Crippen molar-refractivity contribution < 1.29 is 14.3 Å². The third-order valence-corrected chi connectivity index (χ3v) is 3.21. The van der Waals surface area contributed by atoms with E-state index in [1.54, 1.807) is 13.8 Å². The van der Waals surface area contributed by atoms with Crippen LogP contribution in [0, 0.1) is 0 Å². The third-order valence-electron chi connectivity index (χ3n) is 3.21. The van der Waals surface area contributed by atoms with Crippen molar-refractivity contribution in [2.75, 3.05) is 0 Å². The molecule has 18 heavy (non-hydrogen) atoms. The Hall–Kier alpha value is -1.68. The number of aldehydes is 1. The van der Waals surface area contributed by atoms with Gasteiger partial charge in [0.1, 0.15) is 24.2 Å². The monoisotopic (exact) mass is 247 g/mol. The zero-order valence-corrected chi connectivity index (χ0v) is 10.8. The van der Waals surface area contributed by atoms with E-state index in [1.807, 2.05) is 30.3 Å². The predicted molar refractivity (Wildman–Crippen MR) is 66.7 cm³/mol. The Morgan fingerprint density at radius 3 is 2.44 bits per heavy atom. The topological polar surface area (TPSA) is 46.6 Å². The van der Waals surface area contributed by atoms with Gasteiger partial charge in [0.05, 0.1) is 0 Å². The van der Waals surface area contributed by atoms with Gasteiger partial charge in [-0.05, 0) is 19.4 Å². The molecule has 1 saturated heterocycles. The van der Waals surface area contributed by atoms with Gasteiger partial charge in [0.2, 0.25) is 5.91 Å². The minimum Gasteiger partial charge on any atom is -0.346 e. The van der Waals surface area contributed by atoms with E-state index in [0.717, 1.165) is 11.8 Å². The van der Waals surface area contributed by atoms with Crippen molar-refractivity contribution in [1.29, 1.82) is 0 Å². The second-order valence-corrected chi connectivity index (χ2v) is 4.91. The molecule has 0 N–H and O–H groups in total. The molecule has 1 amide bonds. The Morgan fingerprint density at radius 1 is 1.33 bits per heavy atom. The van der Waals surface area contributed by atoms with Crippen molar-refractivity contribution in [3.8, 4) is 0 Å². The maximum absolute atomic E-state index is 11.7. The van der Waals surface area contributed by atoms with E-state index >= 15 is 0 Å². The lowest BCUT2D eigenvalue weighted by molar-refractivity contribution is -0.146. The Morgan fingerprint density at radius 2 is 1.94 bits per heavy atom. The average Bonchev–Trinajstić information content (AvgIpc) is 2.61. The van der Waals surface area contributed by atoms with Gasteiger partial charge in [-0.25, -0.2) is 0 Å². The van der Waals surface area contributed by atoms with Crippen LogP contribution in [0.5, 0.6) is 0 Å². The van der Waals surface area contributed by atoms with Crippen LogP contribution in [-0.4, -0.2) is 28.9 Å². The quantitative estimate of drug-likeness (QED) is 0.750. The Labute approximate surface area is 107 Å². The number of hydrogen-bond acceptors (Lipinski definition) is 3. The first-order valence-electron chi connectivity index (χ1n) is 5.95. The summed E-state index contributed by atoms with van der Waals surface area (Å²) in [4.78, 5) is 24.5. The minimum atomic E-state index is -0.766. The summed E-state index contributed by atoms with van der Waals surface area (Å²) in [6.07, 6.45) is 0.385. The number of amides is 1. The van der Waals surface area contributed by atoms with Crippen molar-refractivity contribution in [1.82, 2.24) is 4.90 Å². The van der Waals surface area contributed by atoms with Crippen LogP contribution in [0.3, 0.4) is 0 Å². The predicted octanol–water partition coefficient (Wildman–Crippen LogP) is 1.91. The maximum Gasteiger partial charge on any atom is 0.222 e. The summed E-state index contributed by atoms with van der Waals surface area (Å²) in [7, 11) is 0. The molecule has 0 aromatic heterocycles. The van der Waals surface area contributed by atoms with Crippen LogP contribution in [0.1, 0.15) is 32.4 Å². The molecule has 0 radical (unpaired) electrons. The molecular weight excluding hydrogens is 230 g/mol. The van der Waals surface area contributed by atoms with Crippen LogP contribution in [-0.2, 0) is 14.3 Å². The molecule has 1 aliphatic heterocycles. The highest BCUT2D eigenvalue weighted by molar-refractivity contribution is 5.79. The number of carbonyl (C=O) groups excluding carboxylic acids is 2. The van der Waals surface area contributed by atoms with Gasteiger partial charge in [0.25, 0.3) is 0 Å². The van der Waals surface area contributed by atoms with E-state index in [4.69, 9.17) is 4.74 Å². The molecule has 0 saturated carbocycles. The van der Waals surface area contributed by atoms with Crippen LogP contribution >= 0.6 is 0 Å². The van der Waals surface area contributed by atoms with Gasteiger partial charge >= 0.3 is 0 Å². The van der Waals surface area contributed by atoms with E-state index in [2.05, 4.69) is 0 Å². The second kappa shape index (κ2) is 4.53. The molecule has 1 fully saturated rings.